The molecule has 0 unspecified atom stereocenters. The van der Waals surface area contributed by atoms with Crippen LogP contribution in [0.25, 0.3) is 10.9 Å². The number of quaternary nitrogens is 1. The van der Waals surface area contributed by atoms with Gasteiger partial charge < -0.3 is 14.0 Å². The second-order valence-corrected chi connectivity index (χ2v) is 10.1. The molecule has 4 heteroatoms. The Balaban J connectivity index is 1.66. The molecule has 0 bridgehead atoms. The molecule has 0 spiro atoms. The van der Waals surface area contributed by atoms with Crippen LogP contribution in [-0.2, 0) is 26.1 Å². The molecule has 0 radical (unpaired) electrons. The summed E-state index contributed by atoms with van der Waals surface area (Å²) < 4.78 is 3.40. The Kier molecular flexibility index (Phi) is 5.26. The highest BCUT2D eigenvalue weighted by atomic mass is 15.3. The zero-order chi connectivity index (χ0) is 22.3. The van der Waals surface area contributed by atoms with Gasteiger partial charge in [0.25, 0.3) is 0 Å². The predicted molar refractivity (Wildman–Crippen MR) is 133 cm³/mol. The summed E-state index contributed by atoms with van der Waals surface area (Å²) in [4.78, 5) is 7.43. The number of anilines is 1. The lowest BCUT2D eigenvalue weighted by atomic mass is 10.00. The standard InChI is InChI=1S/C28H33N4/c1-21-26(20-32(2,3)4)25-14-16-29-28(27(25)31(21)18-22-10-6-5-7-11-22)30-17-15-23-12-8-9-13-24(23)19-30/h5-14,16H,15,17-20H2,1-4H3/q+1. The zero-order valence-electron chi connectivity index (χ0n) is 19.7. The van der Waals surface area contributed by atoms with E-state index < -0.39 is 0 Å². The van der Waals surface area contributed by atoms with E-state index in [1.807, 2.05) is 6.20 Å². The van der Waals surface area contributed by atoms with Gasteiger partial charge in [0.05, 0.1) is 26.7 Å². The van der Waals surface area contributed by atoms with Gasteiger partial charge in [-0.05, 0) is 36.1 Å². The molecule has 2 aromatic carbocycles. The molecular weight excluding hydrogens is 392 g/mol. The summed E-state index contributed by atoms with van der Waals surface area (Å²) in [6, 6.07) is 21.8. The maximum absolute atomic E-state index is 4.96. The number of benzene rings is 2. The molecule has 0 saturated carbocycles. The molecule has 0 atom stereocenters. The summed E-state index contributed by atoms with van der Waals surface area (Å²) >= 11 is 0. The molecule has 1 aliphatic rings. The molecule has 4 nitrogen and oxygen atoms in total. The minimum Gasteiger partial charge on any atom is -0.350 e. The molecule has 1 aliphatic heterocycles. The molecule has 0 saturated heterocycles. The first-order valence-corrected chi connectivity index (χ1v) is 11.5. The topological polar surface area (TPSA) is 21.1 Å². The van der Waals surface area contributed by atoms with Crippen LogP contribution in [0, 0.1) is 6.92 Å². The first-order chi connectivity index (χ1) is 15.4. The highest BCUT2D eigenvalue weighted by Gasteiger charge is 2.25. The molecule has 0 amide bonds. The van der Waals surface area contributed by atoms with Crippen molar-refractivity contribution in [2.45, 2.75) is 33.0 Å². The van der Waals surface area contributed by atoms with Gasteiger partial charge in [-0.15, -0.1) is 0 Å². The molecule has 32 heavy (non-hydrogen) atoms. The molecule has 4 aromatic rings. The zero-order valence-corrected chi connectivity index (χ0v) is 19.7. The molecule has 0 fully saturated rings. The van der Waals surface area contributed by atoms with E-state index in [0.29, 0.717) is 0 Å². The minimum atomic E-state index is 0.865. The third-order valence-electron chi connectivity index (χ3n) is 6.59. The van der Waals surface area contributed by atoms with Crippen molar-refractivity contribution >= 4 is 16.7 Å². The number of rotatable bonds is 5. The summed E-state index contributed by atoms with van der Waals surface area (Å²) in [6.45, 7) is 6.06. The molecular formula is C28H33N4+. The van der Waals surface area contributed by atoms with Crippen LogP contribution in [0.2, 0.25) is 0 Å². The largest absolute Gasteiger partial charge is 0.350 e. The minimum absolute atomic E-state index is 0.865. The van der Waals surface area contributed by atoms with Crippen molar-refractivity contribution in [3.63, 3.8) is 0 Å². The quantitative estimate of drug-likeness (QED) is 0.412. The third kappa shape index (κ3) is 3.91. The Labute approximate surface area is 191 Å². The maximum Gasteiger partial charge on any atom is 0.153 e. The van der Waals surface area contributed by atoms with E-state index in [0.717, 1.165) is 42.9 Å². The van der Waals surface area contributed by atoms with Gasteiger partial charge in [-0.1, -0.05) is 54.6 Å². The molecule has 5 rings (SSSR count). The number of hydrogen-bond acceptors (Lipinski definition) is 2. The lowest BCUT2D eigenvalue weighted by Crippen LogP contribution is -2.33. The lowest BCUT2D eigenvalue weighted by molar-refractivity contribution is -0.883. The Morgan fingerprint density at radius 3 is 2.38 bits per heavy atom. The van der Waals surface area contributed by atoms with Crippen molar-refractivity contribution in [1.29, 1.82) is 0 Å². The van der Waals surface area contributed by atoms with Crippen molar-refractivity contribution < 1.29 is 4.48 Å². The third-order valence-corrected chi connectivity index (χ3v) is 6.59. The van der Waals surface area contributed by atoms with E-state index in [1.54, 1.807) is 0 Å². The fourth-order valence-electron chi connectivity index (χ4n) is 5.02. The summed E-state index contributed by atoms with van der Waals surface area (Å²) in [5.41, 5.74) is 8.27. The van der Waals surface area contributed by atoms with Crippen LogP contribution in [0.15, 0.2) is 66.9 Å². The second-order valence-electron chi connectivity index (χ2n) is 10.1. The van der Waals surface area contributed by atoms with E-state index in [-0.39, 0.29) is 0 Å². The number of fused-ring (bicyclic) bond motifs is 2. The van der Waals surface area contributed by atoms with E-state index in [9.17, 15) is 0 Å². The van der Waals surface area contributed by atoms with Gasteiger partial charge in [0.15, 0.2) is 5.82 Å². The van der Waals surface area contributed by atoms with Crippen molar-refractivity contribution in [2.75, 3.05) is 32.6 Å². The van der Waals surface area contributed by atoms with Gasteiger partial charge in [-0.3, -0.25) is 0 Å². The monoisotopic (exact) mass is 425 g/mol. The van der Waals surface area contributed by atoms with Crippen molar-refractivity contribution in [2.24, 2.45) is 0 Å². The van der Waals surface area contributed by atoms with Gasteiger partial charge in [-0.2, -0.15) is 0 Å². The van der Waals surface area contributed by atoms with Crippen molar-refractivity contribution in [1.82, 2.24) is 9.55 Å². The van der Waals surface area contributed by atoms with E-state index >= 15 is 0 Å². The average molecular weight is 426 g/mol. The number of nitrogens with zero attached hydrogens (tertiary/aromatic N) is 4. The SMILES string of the molecule is Cc1c(C[N+](C)(C)C)c2ccnc(N3CCc4ccccc4C3)c2n1Cc1ccccc1. The van der Waals surface area contributed by atoms with E-state index in [1.165, 1.54) is 38.9 Å². The Morgan fingerprint density at radius 2 is 1.62 bits per heavy atom. The van der Waals surface area contributed by atoms with Crippen LogP contribution in [0.5, 0.6) is 0 Å². The summed E-state index contributed by atoms with van der Waals surface area (Å²) in [7, 11) is 6.80. The Morgan fingerprint density at radius 1 is 0.906 bits per heavy atom. The molecule has 164 valence electrons. The highest BCUT2D eigenvalue weighted by molar-refractivity contribution is 5.94. The Bertz CT molecular complexity index is 1250. The van der Waals surface area contributed by atoms with Crippen LogP contribution in [-0.4, -0.2) is 41.7 Å². The average Bonchev–Trinajstić information content (AvgIpc) is 3.04. The second kappa shape index (κ2) is 8.10. The number of aromatic nitrogens is 2. The van der Waals surface area contributed by atoms with E-state index in [2.05, 4.69) is 98.2 Å². The predicted octanol–water partition coefficient (Wildman–Crippen LogP) is 5.16. The van der Waals surface area contributed by atoms with Gasteiger partial charge in [-0.25, -0.2) is 4.98 Å². The normalized spacial score (nSPS) is 14.1. The molecule has 0 N–H and O–H groups in total. The van der Waals surface area contributed by atoms with Crippen LogP contribution in [0.1, 0.15) is 27.9 Å². The van der Waals surface area contributed by atoms with Crippen molar-refractivity contribution in [3.8, 4) is 0 Å². The highest BCUT2D eigenvalue weighted by Crippen LogP contribution is 2.35. The number of pyridine rings is 1. The van der Waals surface area contributed by atoms with Gasteiger partial charge >= 0.3 is 0 Å². The Hall–Kier alpha value is -3.11. The molecule has 2 aromatic heterocycles. The van der Waals surface area contributed by atoms with E-state index in [4.69, 9.17) is 4.98 Å². The molecule has 3 heterocycles. The number of hydrogen-bond donors (Lipinski definition) is 0. The fourth-order valence-corrected chi connectivity index (χ4v) is 5.02. The van der Waals surface area contributed by atoms with Gasteiger partial charge in [0.2, 0.25) is 0 Å². The van der Waals surface area contributed by atoms with Gasteiger partial charge in [0.1, 0.15) is 6.54 Å². The summed E-state index contributed by atoms with van der Waals surface area (Å²) in [6.07, 6.45) is 3.07. The summed E-state index contributed by atoms with van der Waals surface area (Å²) in [5.74, 6) is 1.11. The summed E-state index contributed by atoms with van der Waals surface area (Å²) in [5, 5.41) is 1.34. The van der Waals surface area contributed by atoms with Crippen LogP contribution < -0.4 is 4.90 Å². The molecule has 0 aliphatic carbocycles. The van der Waals surface area contributed by atoms with Crippen LogP contribution in [0.3, 0.4) is 0 Å². The maximum atomic E-state index is 4.96. The van der Waals surface area contributed by atoms with Gasteiger partial charge in [0, 0.05) is 42.5 Å². The van der Waals surface area contributed by atoms with Crippen LogP contribution in [0.4, 0.5) is 5.82 Å². The van der Waals surface area contributed by atoms with Crippen LogP contribution >= 0.6 is 0 Å². The fraction of sp³-hybridized carbons (Fsp3) is 0.321. The first-order valence-electron chi connectivity index (χ1n) is 11.5. The van der Waals surface area contributed by atoms with Crippen molar-refractivity contribution in [3.05, 3.63) is 94.8 Å². The lowest BCUT2D eigenvalue weighted by Gasteiger charge is -2.30. The smallest absolute Gasteiger partial charge is 0.153 e. The first kappa shape index (κ1) is 20.8.